The number of rotatable bonds is 3. The summed E-state index contributed by atoms with van der Waals surface area (Å²) in [4.78, 5) is 23.4. The molecule has 1 aromatic carbocycles. The van der Waals surface area contributed by atoms with Crippen molar-refractivity contribution in [3.63, 3.8) is 0 Å². The summed E-state index contributed by atoms with van der Waals surface area (Å²) in [6.45, 7) is 0.789. The van der Waals surface area contributed by atoms with Gasteiger partial charge in [0.05, 0.1) is 5.92 Å². The zero-order valence-corrected chi connectivity index (χ0v) is 11.8. The highest BCUT2D eigenvalue weighted by atomic mass is 16.4. The first-order chi connectivity index (χ1) is 10.1. The summed E-state index contributed by atoms with van der Waals surface area (Å²) >= 11 is 0. The molecule has 0 spiro atoms. The summed E-state index contributed by atoms with van der Waals surface area (Å²) in [6, 6.07) is 7.65. The molecule has 0 radical (unpaired) electrons. The van der Waals surface area contributed by atoms with Gasteiger partial charge in [0.1, 0.15) is 6.04 Å². The number of fused-ring (bicyclic) bond motifs is 1. The molecule has 112 valence electrons. The third-order valence-electron chi connectivity index (χ3n) is 4.50. The van der Waals surface area contributed by atoms with Crippen LogP contribution in [0.15, 0.2) is 24.3 Å². The maximum Gasteiger partial charge on any atom is 0.306 e. The maximum atomic E-state index is 12.5. The molecule has 1 aromatic rings. The SMILES string of the molecule is O=C(N[C@H]1CC[C@@H](C(=O)O)C1)C1NCCc2ccccc21. The fraction of sp³-hybridized carbons (Fsp3) is 0.500. The minimum Gasteiger partial charge on any atom is -0.481 e. The topological polar surface area (TPSA) is 78.4 Å². The number of carbonyl (C=O) groups is 2. The first-order valence-corrected chi connectivity index (χ1v) is 7.49. The Morgan fingerprint density at radius 1 is 1.24 bits per heavy atom. The number of carboxylic acids is 1. The Morgan fingerprint density at radius 3 is 2.81 bits per heavy atom. The number of hydrogen-bond acceptors (Lipinski definition) is 3. The Labute approximate surface area is 123 Å². The molecular formula is C16H20N2O3. The lowest BCUT2D eigenvalue weighted by molar-refractivity contribution is -0.141. The molecule has 1 aliphatic heterocycles. The van der Waals surface area contributed by atoms with Crippen LogP contribution in [0.25, 0.3) is 0 Å². The quantitative estimate of drug-likeness (QED) is 0.782. The zero-order chi connectivity index (χ0) is 14.8. The zero-order valence-electron chi connectivity index (χ0n) is 11.8. The lowest BCUT2D eigenvalue weighted by atomic mass is 9.93. The second kappa shape index (κ2) is 5.85. The molecular weight excluding hydrogens is 268 g/mol. The molecule has 3 N–H and O–H groups in total. The summed E-state index contributed by atoms with van der Waals surface area (Å²) in [5, 5.41) is 15.3. The van der Waals surface area contributed by atoms with Gasteiger partial charge in [-0.05, 0) is 36.8 Å². The van der Waals surface area contributed by atoms with Crippen LogP contribution in [0.3, 0.4) is 0 Å². The highest BCUT2D eigenvalue weighted by molar-refractivity contribution is 5.84. The highest BCUT2D eigenvalue weighted by Crippen LogP contribution is 2.27. The van der Waals surface area contributed by atoms with Crippen LogP contribution in [0.5, 0.6) is 0 Å². The Bertz CT molecular complexity index is 558. The second-order valence-electron chi connectivity index (χ2n) is 5.89. The van der Waals surface area contributed by atoms with E-state index in [0.717, 1.165) is 24.9 Å². The first kappa shape index (κ1) is 14.1. The van der Waals surface area contributed by atoms with Gasteiger partial charge in [-0.1, -0.05) is 24.3 Å². The van der Waals surface area contributed by atoms with Gasteiger partial charge in [-0.25, -0.2) is 0 Å². The maximum absolute atomic E-state index is 12.5. The molecule has 1 heterocycles. The molecule has 2 aliphatic rings. The van der Waals surface area contributed by atoms with E-state index in [1.165, 1.54) is 5.56 Å². The van der Waals surface area contributed by atoms with Crippen LogP contribution in [-0.4, -0.2) is 29.6 Å². The number of aliphatic carboxylic acids is 1. The van der Waals surface area contributed by atoms with Crippen molar-refractivity contribution in [3.05, 3.63) is 35.4 Å². The Kier molecular flexibility index (Phi) is 3.92. The number of carboxylic acid groups (broad SMARTS) is 1. The first-order valence-electron chi connectivity index (χ1n) is 7.49. The minimum atomic E-state index is -0.757. The van der Waals surface area contributed by atoms with Crippen molar-refractivity contribution in [2.24, 2.45) is 5.92 Å². The fourth-order valence-electron chi connectivity index (χ4n) is 3.36. The summed E-state index contributed by atoms with van der Waals surface area (Å²) in [5.74, 6) is -1.12. The van der Waals surface area contributed by atoms with E-state index in [0.29, 0.717) is 12.8 Å². The molecule has 0 bridgehead atoms. The van der Waals surface area contributed by atoms with Crippen molar-refractivity contribution in [3.8, 4) is 0 Å². The van der Waals surface area contributed by atoms with E-state index in [-0.39, 0.29) is 23.9 Å². The van der Waals surface area contributed by atoms with Crippen molar-refractivity contribution in [2.75, 3.05) is 6.54 Å². The number of benzene rings is 1. The van der Waals surface area contributed by atoms with E-state index in [9.17, 15) is 9.59 Å². The van der Waals surface area contributed by atoms with Gasteiger partial charge in [-0.2, -0.15) is 0 Å². The van der Waals surface area contributed by atoms with Crippen LogP contribution in [0.4, 0.5) is 0 Å². The largest absolute Gasteiger partial charge is 0.481 e. The summed E-state index contributed by atoms with van der Waals surface area (Å²) < 4.78 is 0. The van der Waals surface area contributed by atoms with E-state index >= 15 is 0 Å². The molecule has 1 amide bonds. The van der Waals surface area contributed by atoms with Gasteiger partial charge in [-0.3, -0.25) is 9.59 Å². The molecule has 3 atom stereocenters. The lowest BCUT2D eigenvalue weighted by Crippen LogP contribution is -2.44. The number of hydrogen-bond donors (Lipinski definition) is 3. The molecule has 21 heavy (non-hydrogen) atoms. The molecule has 1 fully saturated rings. The Hall–Kier alpha value is -1.88. The van der Waals surface area contributed by atoms with Crippen LogP contribution >= 0.6 is 0 Å². The average Bonchev–Trinajstić information content (AvgIpc) is 2.95. The van der Waals surface area contributed by atoms with E-state index < -0.39 is 5.97 Å². The van der Waals surface area contributed by atoms with Crippen LogP contribution in [0.1, 0.15) is 36.4 Å². The molecule has 1 saturated carbocycles. The molecule has 3 rings (SSSR count). The van der Waals surface area contributed by atoms with Gasteiger partial charge >= 0.3 is 5.97 Å². The van der Waals surface area contributed by atoms with E-state index in [4.69, 9.17) is 5.11 Å². The van der Waals surface area contributed by atoms with Crippen molar-refractivity contribution in [1.29, 1.82) is 0 Å². The summed E-state index contributed by atoms with van der Waals surface area (Å²) in [6.07, 6.45) is 2.87. The normalized spacial score (nSPS) is 27.9. The predicted molar refractivity (Wildman–Crippen MR) is 77.8 cm³/mol. The third-order valence-corrected chi connectivity index (χ3v) is 4.50. The van der Waals surface area contributed by atoms with Gasteiger partial charge in [0.2, 0.25) is 5.91 Å². The predicted octanol–water partition coefficient (Wildman–Crippen LogP) is 1.24. The third kappa shape index (κ3) is 2.93. The molecule has 0 aromatic heterocycles. The second-order valence-corrected chi connectivity index (χ2v) is 5.89. The van der Waals surface area contributed by atoms with Crippen LogP contribution in [0.2, 0.25) is 0 Å². The number of amides is 1. The van der Waals surface area contributed by atoms with Crippen LogP contribution < -0.4 is 10.6 Å². The number of nitrogens with one attached hydrogen (secondary N) is 2. The standard InChI is InChI=1S/C16H20N2O3/c19-15(18-12-6-5-11(9-12)16(20)21)14-13-4-2-1-3-10(13)7-8-17-14/h1-4,11-12,14,17H,5-9H2,(H,18,19)(H,20,21)/t11-,12+,14?/m1/s1. The highest BCUT2D eigenvalue weighted by Gasteiger charge is 2.33. The van der Waals surface area contributed by atoms with Gasteiger partial charge in [0.15, 0.2) is 0 Å². The van der Waals surface area contributed by atoms with Crippen LogP contribution in [-0.2, 0) is 16.0 Å². The monoisotopic (exact) mass is 288 g/mol. The van der Waals surface area contributed by atoms with E-state index in [1.807, 2.05) is 18.2 Å². The molecule has 0 saturated heterocycles. The molecule has 5 heteroatoms. The lowest BCUT2D eigenvalue weighted by Gasteiger charge is -2.27. The smallest absolute Gasteiger partial charge is 0.306 e. The minimum absolute atomic E-state index is 0.0190. The van der Waals surface area contributed by atoms with Crippen molar-refractivity contribution in [2.45, 2.75) is 37.8 Å². The number of carbonyl (C=O) groups excluding carboxylic acids is 1. The van der Waals surface area contributed by atoms with E-state index in [1.54, 1.807) is 0 Å². The summed E-state index contributed by atoms with van der Waals surface area (Å²) in [5.41, 5.74) is 2.25. The fourth-order valence-corrected chi connectivity index (χ4v) is 3.36. The molecule has 1 aliphatic carbocycles. The van der Waals surface area contributed by atoms with Crippen molar-refractivity contribution >= 4 is 11.9 Å². The molecule has 1 unspecified atom stereocenters. The average molecular weight is 288 g/mol. The van der Waals surface area contributed by atoms with Gasteiger partial charge in [-0.15, -0.1) is 0 Å². The van der Waals surface area contributed by atoms with Crippen molar-refractivity contribution in [1.82, 2.24) is 10.6 Å². The van der Waals surface area contributed by atoms with Gasteiger partial charge in [0, 0.05) is 12.6 Å². The Balaban J connectivity index is 1.66. The van der Waals surface area contributed by atoms with Crippen molar-refractivity contribution < 1.29 is 14.7 Å². The van der Waals surface area contributed by atoms with E-state index in [2.05, 4.69) is 16.7 Å². The van der Waals surface area contributed by atoms with Crippen LogP contribution in [0, 0.1) is 5.92 Å². The Morgan fingerprint density at radius 2 is 2.05 bits per heavy atom. The summed E-state index contributed by atoms with van der Waals surface area (Å²) in [7, 11) is 0. The molecule has 5 nitrogen and oxygen atoms in total. The van der Waals surface area contributed by atoms with Gasteiger partial charge < -0.3 is 15.7 Å². The van der Waals surface area contributed by atoms with Gasteiger partial charge in [0.25, 0.3) is 0 Å².